The summed E-state index contributed by atoms with van der Waals surface area (Å²) in [5, 5.41) is 3.33. The van der Waals surface area contributed by atoms with E-state index in [4.69, 9.17) is 9.47 Å². The molecule has 0 spiro atoms. The maximum absolute atomic E-state index is 12.2. The number of rotatable bonds is 5. The Morgan fingerprint density at radius 2 is 1.94 bits per heavy atom. The van der Waals surface area contributed by atoms with E-state index in [9.17, 15) is 4.79 Å². The molecule has 0 aliphatic carbocycles. The fourth-order valence-electron chi connectivity index (χ4n) is 2.24. The number of ether oxygens (including phenoxy) is 2. The van der Waals surface area contributed by atoms with E-state index in [0.29, 0.717) is 29.5 Å². The van der Waals surface area contributed by atoms with Crippen LogP contribution in [0.2, 0.25) is 0 Å². The Morgan fingerprint density at radius 1 is 1.28 bits per heavy atom. The van der Waals surface area contributed by atoms with Gasteiger partial charge in [0.25, 0.3) is 0 Å². The Bertz CT molecular complexity index is 403. The van der Waals surface area contributed by atoms with Gasteiger partial charge in [-0.15, -0.1) is 0 Å². The van der Waals surface area contributed by atoms with E-state index >= 15 is 0 Å². The van der Waals surface area contributed by atoms with Gasteiger partial charge in [-0.3, -0.25) is 4.79 Å². The molecular formula is C14H19NO3. The smallest absolute Gasteiger partial charge is 0.164 e. The van der Waals surface area contributed by atoms with Gasteiger partial charge >= 0.3 is 0 Å². The molecule has 1 aliphatic heterocycles. The quantitative estimate of drug-likeness (QED) is 0.811. The SMILES string of the molecule is COc1cc(OC)cc(C(=O)CC2CCCN2)c1. The Morgan fingerprint density at radius 3 is 2.44 bits per heavy atom. The zero-order chi connectivity index (χ0) is 13.0. The third-order valence-corrected chi connectivity index (χ3v) is 3.27. The van der Waals surface area contributed by atoms with Crippen LogP contribution in [0.5, 0.6) is 11.5 Å². The van der Waals surface area contributed by atoms with E-state index in [0.717, 1.165) is 19.4 Å². The molecule has 0 radical (unpaired) electrons. The summed E-state index contributed by atoms with van der Waals surface area (Å²) in [4.78, 5) is 12.2. The molecule has 0 aromatic heterocycles. The zero-order valence-electron chi connectivity index (χ0n) is 10.9. The number of Topliss-reactive ketones (excluding diaryl/α,β-unsaturated/α-hetero) is 1. The van der Waals surface area contributed by atoms with Crippen molar-refractivity contribution in [2.45, 2.75) is 25.3 Å². The van der Waals surface area contributed by atoms with Crippen LogP contribution in [0.25, 0.3) is 0 Å². The molecule has 1 aromatic carbocycles. The lowest BCUT2D eigenvalue weighted by Crippen LogP contribution is -2.24. The number of nitrogens with one attached hydrogen (secondary N) is 1. The highest BCUT2D eigenvalue weighted by molar-refractivity contribution is 5.97. The summed E-state index contributed by atoms with van der Waals surface area (Å²) in [5.41, 5.74) is 0.653. The predicted molar refractivity (Wildman–Crippen MR) is 69.5 cm³/mol. The summed E-state index contributed by atoms with van der Waals surface area (Å²) in [7, 11) is 3.17. The summed E-state index contributed by atoms with van der Waals surface area (Å²) in [6.45, 7) is 1.01. The second-order valence-corrected chi connectivity index (χ2v) is 4.52. The second kappa shape index (κ2) is 5.87. The Kier molecular flexibility index (Phi) is 4.20. The summed E-state index contributed by atoms with van der Waals surface area (Å²) in [6.07, 6.45) is 2.77. The van der Waals surface area contributed by atoms with Crippen LogP contribution in [-0.4, -0.2) is 32.6 Å². The number of carbonyl (C=O) groups excluding carboxylic acids is 1. The van der Waals surface area contributed by atoms with Gasteiger partial charge in [-0.2, -0.15) is 0 Å². The molecule has 0 bridgehead atoms. The lowest BCUT2D eigenvalue weighted by molar-refractivity contribution is 0.0971. The van der Waals surface area contributed by atoms with Crippen molar-refractivity contribution in [2.24, 2.45) is 0 Å². The number of ketones is 1. The highest BCUT2D eigenvalue weighted by Crippen LogP contribution is 2.24. The first-order valence-corrected chi connectivity index (χ1v) is 6.22. The van der Waals surface area contributed by atoms with Crippen LogP contribution >= 0.6 is 0 Å². The number of hydrogen-bond donors (Lipinski definition) is 1. The topological polar surface area (TPSA) is 47.6 Å². The van der Waals surface area contributed by atoms with Crippen molar-refractivity contribution < 1.29 is 14.3 Å². The highest BCUT2D eigenvalue weighted by Gasteiger charge is 2.19. The van der Waals surface area contributed by atoms with E-state index in [1.807, 2.05) is 0 Å². The number of carbonyl (C=O) groups is 1. The van der Waals surface area contributed by atoms with E-state index < -0.39 is 0 Å². The maximum Gasteiger partial charge on any atom is 0.164 e. The molecule has 0 amide bonds. The first-order chi connectivity index (χ1) is 8.72. The Hall–Kier alpha value is -1.55. The minimum Gasteiger partial charge on any atom is -0.497 e. The molecule has 1 unspecified atom stereocenters. The van der Waals surface area contributed by atoms with Crippen molar-refractivity contribution in [2.75, 3.05) is 20.8 Å². The molecule has 0 saturated carbocycles. The molecule has 4 nitrogen and oxygen atoms in total. The molecule has 4 heteroatoms. The summed E-state index contributed by atoms with van der Waals surface area (Å²) < 4.78 is 10.3. The third-order valence-electron chi connectivity index (χ3n) is 3.27. The van der Waals surface area contributed by atoms with E-state index in [1.165, 1.54) is 0 Å². The number of benzene rings is 1. The highest BCUT2D eigenvalue weighted by atomic mass is 16.5. The van der Waals surface area contributed by atoms with Crippen LogP contribution < -0.4 is 14.8 Å². The van der Waals surface area contributed by atoms with Crippen LogP contribution in [0.4, 0.5) is 0 Å². The second-order valence-electron chi connectivity index (χ2n) is 4.52. The van der Waals surface area contributed by atoms with Gasteiger partial charge < -0.3 is 14.8 Å². The average molecular weight is 249 g/mol. The molecular weight excluding hydrogens is 230 g/mol. The van der Waals surface area contributed by atoms with Gasteiger partial charge in [0.1, 0.15) is 11.5 Å². The monoisotopic (exact) mass is 249 g/mol. The van der Waals surface area contributed by atoms with Crippen LogP contribution in [0, 0.1) is 0 Å². The van der Waals surface area contributed by atoms with Gasteiger partial charge in [0, 0.05) is 24.1 Å². The van der Waals surface area contributed by atoms with Crippen LogP contribution in [0.1, 0.15) is 29.6 Å². The maximum atomic E-state index is 12.2. The lowest BCUT2D eigenvalue weighted by Gasteiger charge is -2.11. The van der Waals surface area contributed by atoms with E-state index in [-0.39, 0.29) is 5.78 Å². The normalized spacial score (nSPS) is 18.7. The minimum absolute atomic E-state index is 0.131. The molecule has 1 N–H and O–H groups in total. The van der Waals surface area contributed by atoms with Crippen molar-refractivity contribution in [3.8, 4) is 11.5 Å². The standard InChI is InChI=1S/C14H19NO3/c1-17-12-6-10(7-13(9-12)18-2)14(16)8-11-4-3-5-15-11/h6-7,9,11,15H,3-5,8H2,1-2H3. The molecule has 1 atom stereocenters. The average Bonchev–Trinajstić information content (AvgIpc) is 2.90. The van der Waals surface area contributed by atoms with Crippen molar-refractivity contribution >= 4 is 5.78 Å². The van der Waals surface area contributed by atoms with Gasteiger partial charge in [0.05, 0.1) is 14.2 Å². The van der Waals surface area contributed by atoms with Crippen LogP contribution in [0.15, 0.2) is 18.2 Å². The molecule has 1 saturated heterocycles. The van der Waals surface area contributed by atoms with Gasteiger partial charge in [0.2, 0.25) is 0 Å². The fraction of sp³-hybridized carbons (Fsp3) is 0.500. The molecule has 98 valence electrons. The molecule has 2 rings (SSSR count). The summed E-state index contributed by atoms with van der Waals surface area (Å²) in [6, 6.07) is 5.61. The molecule has 1 aliphatic rings. The van der Waals surface area contributed by atoms with Gasteiger partial charge in [-0.05, 0) is 31.5 Å². The van der Waals surface area contributed by atoms with Crippen molar-refractivity contribution in [1.82, 2.24) is 5.32 Å². The van der Waals surface area contributed by atoms with Crippen LogP contribution in [-0.2, 0) is 0 Å². The van der Waals surface area contributed by atoms with Crippen LogP contribution in [0.3, 0.4) is 0 Å². The van der Waals surface area contributed by atoms with Crippen molar-refractivity contribution in [3.63, 3.8) is 0 Å². The minimum atomic E-state index is 0.131. The van der Waals surface area contributed by atoms with Gasteiger partial charge in [-0.25, -0.2) is 0 Å². The first kappa shape index (κ1) is 12.9. The largest absolute Gasteiger partial charge is 0.497 e. The summed E-state index contributed by atoms with van der Waals surface area (Å²) >= 11 is 0. The van der Waals surface area contributed by atoms with E-state index in [1.54, 1.807) is 32.4 Å². The predicted octanol–water partition coefficient (Wildman–Crippen LogP) is 2.03. The Balaban J connectivity index is 2.12. The molecule has 18 heavy (non-hydrogen) atoms. The Labute approximate surface area is 107 Å². The first-order valence-electron chi connectivity index (χ1n) is 6.22. The van der Waals surface area contributed by atoms with Gasteiger partial charge in [-0.1, -0.05) is 0 Å². The molecule has 1 heterocycles. The zero-order valence-corrected chi connectivity index (χ0v) is 10.9. The molecule has 1 aromatic rings. The molecule has 1 fully saturated rings. The fourth-order valence-corrected chi connectivity index (χ4v) is 2.24. The van der Waals surface area contributed by atoms with Gasteiger partial charge in [0.15, 0.2) is 5.78 Å². The van der Waals surface area contributed by atoms with Crippen molar-refractivity contribution in [3.05, 3.63) is 23.8 Å². The summed E-state index contributed by atoms with van der Waals surface area (Å²) in [5.74, 6) is 1.43. The number of hydrogen-bond acceptors (Lipinski definition) is 4. The lowest BCUT2D eigenvalue weighted by atomic mass is 10.0. The van der Waals surface area contributed by atoms with Crippen molar-refractivity contribution in [1.29, 1.82) is 0 Å². The van der Waals surface area contributed by atoms with E-state index in [2.05, 4.69) is 5.32 Å². The number of methoxy groups -OCH3 is 2. The third kappa shape index (κ3) is 3.01.